The number of nitrogens with one attached hydrogen (secondary N) is 1. The molecule has 1 atom stereocenters. The maximum absolute atomic E-state index is 12.2. The highest BCUT2D eigenvalue weighted by molar-refractivity contribution is 5.82. The molecular weight excluding hydrogens is 240 g/mol. The molecule has 4 heteroatoms. The highest BCUT2D eigenvalue weighted by Gasteiger charge is 2.30. The van der Waals surface area contributed by atoms with Gasteiger partial charge in [0.15, 0.2) is 0 Å². The number of likely N-dealkylation sites (tertiary alicyclic amines) is 1. The summed E-state index contributed by atoms with van der Waals surface area (Å²) in [5.74, 6) is 0.361. The Balaban J connectivity index is 1.85. The Morgan fingerprint density at radius 3 is 2.42 bits per heavy atom. The molecular formula is C15H26N2O2. The van der Waals surface area contributed by atoms with E-state index in [-0.39, 0.29) is 23.7 Å². The number of carbonyl (C=O) groups is 2. The highest BCUT2D eigenvalue weighted by atomic mass is 16.2. The van der Waals surface area contributed by atoms with Crippen LogP contribution in [0, 0.1) is 11.8 Å². The Bertz CT molecular complexity index is 335. The quantitative estimate of drug-likeness (QED) is 0.848. The van der Waals surface area contributed by atoms with Crippen molar-refractivity contribution in [2.75, 3.05) is 13.1 Å². The lowest BCUT2D eigenvalue weighted by molar-refractivity contribution is -0.138. The van der Waals surface area contributed by atoms with Crippen molar-refractivity contribution < 1.29 is 9.59 Å². The second-order valence-corrected chi connectivity index (χ2v) is 6.27. The number of amides is 2. The first-order valence-corrected chi connectivity index (χ1v) is 7.67. The maximum Gasteiger partial charge on any atom is 0.225 e. The summed E-state index contributed by atoms with van der Waals surface area (Å²) in [5.41, 5.74) is 0. The van der Waals surface area contributed by atoms with Crippen molar-refractivity contribution in [3.8, 4) is 0 Å². The molecule has 1 aliphatic heterocycles. The molecule has 2 aliphatic rings. The van der Waals surface area contributed by atoms with E-state index in [1.807, 2.05) is 18.7 Å². The molecule has 19 heavy (non-hydrogen) atoms. The van der Waals surface area contributed by atoms with Crippen LogP contribution in [0.3, 0.4) is 0 Å². The van der Waals surface area contributed by atoms with Gasteiger partial charge < -0.3 is 10.2 Å². The summed E-state index contributed by atoms with van der Waals surface area (Å²) in [6, 6.07) is 0.378. The normalized spacial score (nSPS) is 24.8. The van der Waals surface area contributed by atoms with Gasteiger partial charge in [0.25, 0.3) is 0 Å². The smallest absolute Gasteiger partial charge is 0.225 e. The maximum atomic E-state index is 12.2. The van der Waals surface area contributed by atoms with Gasteiger partial charge in [0, 0.05) is 25.0 Å². The molecule has 0 radical (unpaired) electrons. The van der Waals surface area contributed by atoms with Gasteiger partial charge in [-0.1, -0.05) is 26.7 Å². The van der Waals surface area contributed by atoms with Crippen molar-refractivity contribution >= 4 is 11.8 Å². The number of rotatable bonds is 3. The Kier molecular flexibility index (Phi) is 4.83. The van der Waals surface area contributed by atoms with E-state index < -0.39 is 0 Å². The van der Waals surface area contributed by atoms with Gasteiger partial charge >= 0.3 is 0 Å². The van der Waals surface area contributed by atoms with Gasteiger partial charge in [-0.05, 0) is 25.7 Å². The highest BCUT2D eigenvalue weighted by Crippen LogP contribution is 2.21. The third kappa shape index (κ3) is 3.71. The van der Waals surface area contributed by atoms with Gasteiger partial charge in [0.2, 0.25) is 11.8 Å². The predicted molar refractivity (Wildman–Crippen MR) is 74.5 cm³/mol. The van der Waals surface area contributed by atoms with Crippen molar-refractivity contribution in [2.45, 2.75) is 58.4 Å². The zero-order valence-corrected chi connectivity index (χ0v) is 12.2. The van der Waals surface area contributed by atoms with Crippen LogP contribution in [-0.2, 0) is 9.59 Å². The van der Waals surface area contributed by atoms with E-state index in [1.165, 1.54) is 12.8 Å². The molecule has 0 aromatic rings. The van der Waals surface area contributed by atoms with Crippen LogP contribution in [0.5, 0.6) is 0 Å². The zero-order valence-electron chi connectivity index (χ0n) is 12.2. The molecule has 1 heterocycles. The molecule has 1 saturated heterocycles. The van der Waals surface area contributed by atoms with E-state index in [0.717, 1.165) is 32.2 Å². The topological polar surface area (TPSA) is 49.4 Å². The average molecular weight is 266 g/mol. The molecule has 1 aliphatic carbocycles. The third-order valence-electron chi connectivity index (χ3n) is 4.30. The van der Waals surface area contributed by atoms with Crippen LogP contribution in [0.1, 0.15) is 52.4 Å². The summed E-state index contributed by atoms with van der Waals surface area (Å²) in [4.78, 5) is 26.1. The molecule has 108 valence electrons. The molecule has 0 bridgehead atoms. The molecule has 0 spiro atoms. The largest absolute Gasteiger partial charge is 0.353 e. The lowest BCUT2D eigenvalue weighted by Gasteiger charge is -2.33. The van der Waals surface area contributed by atoms with Gasteiger partial charge in [-0.15, -0.1) is 0 Å². The minimum absolute atomic E-state index is 0.00273. The fourth-order valence-electron chi connectivity index (χ4n) is 3.15. The van der Waals surface area contributed by atoms with Crippen LogP contribution >= 0.6 is 0 Å². The van der Waals surface area contributed by atoms with Crippen molar-refractivity contribution in [3.05, 3.63) is 0 Å². The number of carbonyl (C=O) groups excluding carboxylic acids is 2. The van der Waals surface area contributed by atoms with Gasteiger partial charge in [-0.3, -0.25) is 9.59 Å². The van der Waals surface area contributed by atoms with E-state index in [2.05, 4.69) is 5.32 Å². The van der Waals surface area contributed by atoms with E-state index >= 15 is 0 Å². The van der Waals surface area contributed by atoms with Gasteiger partial charge in [-0.25, -0.2) is 0 Å². The van der Waals surface area contributed by atoms with E-state index in [4.69, 9.17) is 0 Å². The summed E-state index contributed by atoms with van der Waals surface area (Å²) in [6.07, 6.45) is 6.56. The molecule has 0 aromatic heterocycles. The molecule has 2 amide bonds. The minimum Gasteiger partial charge on any atom is -0.353 e. The summed E-state index contributed by atoms with van der Waals surface area (Å²) in [7, 11) is 0. The summed E-state index contributed by atoms with van der Waals surface area (Å²) < 4.78 is 0. The second-order valence-electron chi connectivity index (χ2n) is 6.27. The zero-order chi connectivity index (χ0) is 13.8. The van der Waals surface area contributed by atoms with E-state index in [9.17, 15) is 9.59 Å². The summed E-state index contributed by atoms with van der Waals surface area (Å²) in [6.45, 7) is 5.26. The Morgan fingerprint density at radius 2 is 1.79 bits per heavy atom. The van der Waals surface area contributed by atoms with E-state index in [0.29, 0.717) is 12.6 Å². The first-order chi connectivity index (χ1) is 9.08. The minimum atomic E-state index is -0.00273. The van der Waals surface area contributed by atoms with Crippen molar-refractivity contribution in [3.63, 3.8) is 0 Å². The Labute approximate surface area is 115 Å². The molecule has 1 saturated carbocycles. The van der Waals surface area contributed by atoms with Gasteiger partial charge in [0.1, 0.15) is 0 Å². The first-order valence-electron chi connectivity index (χ1n) is 7.67. The van der Waals surface area contributed by atoms with Crippen molar-refractivity contribution in [1.82, 2.24) is 10.2 Å². The number of hydrogen-bond donors (Lipinski definition) is 1. The summed E-state index contributed by atoms with van der Waals surface area (Å²) in [5, 5.41) is 3.16. The monoisotopic (exact) mass is 266 g/mol. The van der Waals surface area contributed by atoms with Gasteiger partial charge in [-0.2, -0.15) is 0 Å². The molecule has 2 fully saturated rings. The van der Waals surface area contributed by atoms with Crippen molar-refractivity contribution in [2.24, 2.45) is 11.8 Å². The number of piperidine rings is 1. The lowest BCUT2D eigenvalue weighted by Crippen LogP contribution is -2.48. The van der Waals surface area contributed by atoms with Crippen LogP contribution < -0.4 is 5.32 Å². The second kappa shape index (κ2) is 6.40. The fraction of sp³-hybridized carbons (Fsp3) is 0.867. The molecule has 4 nitrogen and oxygen atoms in total. The van der Waals surface area contributed by atoms with Crippen LogP contribution in [0.25, 0.3) is 0 Å². The average Bonchev–Trinajstić information content (AvgIpc) is 2.90. The molecule has 1 unspecified atom stereocenters. The third-order valence-corrected chi connectivity index (χ3v) is 4.30. The standard InChI is InChI=1S/C15H26N2O2/c1-11(2)15(19)17-9-5-6-12(10-17)14(18)16-13-7-3-4-8-13/h11-13H,3-10H2,1-2H3,(H,16,18). The molecule has 1 N–H and O–H groups in total. The SMILES string of the molecule is CC(C)C(=O)N1CCCC(C(=O)NC2CCCC2)C1. The van der Waals surface area contributed by atoms with Crippen LogP contribution in [0.2, 0.25) is 0 Å². The van der Waals surface area contributed by atoms with E-state index in [1.54, 1.807) is 0 Å². The fourth-order valence-corrected chi connectivity index (χ4v) is 3.15. The molecule has 0 aromatic carbocycles. The first kappa shape index (κ1) is 14.4. The Hall–Kier alpha value is -1.06. The summed E-state index contributed by atoms with van der Waals surface area (Å²) >= 11 is 0. The lowest BCUT2D eigenvalue weighted by atomic mass is 9.95. The van der Waals surface area contributed by atoms with Crippen LogP contribution in [0.4, 0.5) is 0 Å². The van der Waals surface area contributed by atoms with Crippen LogP contribution in [0.15, 0.2) is 0 Å². The van der Waals surface area contributed by atoms with Crippen molar-refractivity contribution in [1.29, 1.82) is 0 Å². The number of nitrogens with zero attached hydrogens (tertiary/aromatic N) is 1. The predicted octanol–water partition coefficient (Wildman–Crippen LogP) is 1.94. The van der Waals surface area contributed by atoms with Crippen LogP contribution in [-0.4, -0.2) is 35.8 Å². The molecule has 2 rings (SSSR count). The number of hydrogen-bond acceptors (Lipinski definition) is 2. The Morgan fingerprint density at radius 1 is 1.11 bits per heavy atom. The van der Waals surface area contributed by atoms with Gasteiger partial charge in [0.05, 0.1) is 5.92 Å².